The van der Waals surface area contributed by atoms with Crippen molar-refractivity contribution in [3.63, 3.8) is 0 Å². The minimum Gasteiger partial charge on any atom is -0.505 e. The third-order valence-corrected chi connectivity index (χ3v) is 4.72. The van der Waals surface area contributed by atoms with Crippen molar-refractivity contribution in [3.05, 3.63) is 59.9 Å². The highest BCUT2D eigenvalue weighted by Crippen LogP contribution is 2.39. The zero-order valence-corrected chi connectivity index (χ0v) is 13.3. The number of benzene rings is 1. The lowest BCUT2D eigenvalue weighted by Gasteiger charge is -2.38. The number of hydrogen-bond donors (Lipinski definition) is 1. The molecule has 1 aromatic heterocycles. The van der Waals surface area contributed by atoms with Crippen LogP contribution in [0.4, 0.5) is 0 Å². The maximum atomic E-state index is 12.8. The standard InChI is InChI=1S/C19H20N2O3/c22-15-7-4-10-20-18(15)19(23)21-11-16(13-5-2-1-3-6-13)24-17(12-21)14-8-9-14/h1-7,10,14,16-17,22H,8-9,11-12H2/t16-,17+/m0/s1. The first-order valence-electron chi connectivity index (χ1n) is 8.36. The summed E-state index contributed by atoms with van der Waals surface area (Å²) in [6.07, 6.45) is 3.76. The Kier molecular flexibility index (Phi) is 3.94. The number of amides is 1. The predicted molar refractivity (Wildman–Crippen MR) is 88.6 cm³/mol. The lowest BCUT2D eigenvalue weighted by atomic mass is 10.0. The Morgan fingerprint density at radius 3 is 2.62 bits per heavy atom. The molecule has 4 rings (SSSR count). The number of morpholine rings is 1. The highest BCUT2D eigenvalue weighted by atomic mass is 16.5. The maximum absolute atomic E-state index is 12.8. The Balaban J connectivity index is 1.60. The van der Waals surface area contributed by atoms with E-state index in [1.807, 2.05) is 30.3 Å². The molecular formula is C19H20N2O3. The number of aromatic hydroxyl groups is 1. The van der Waals surface area contributed by atoms with Crippen LogP contribution in [0.1, 0.15) is 35.0 Å². The molecule has 1 aliphatic heterocycles. The molecule has 5 heteroatoms. The molecule has 1 saturated carbocycles. The van der Waals surface area contributed by atoms with Crippen LogP contribution in [0.2, 0.25) is 0 Å². The molecule has 0 unspecified atom stereocenters. The summed E-state index contributed by atoms with van der Waals surface area (Å²) < 4.78 is 6.27. The van der Waals surface area contributed by atoms with E-state index in [0.717, 1.165) is 18.4 Å². The van der Waals surface area contributed by atoms with E-state index in [0.29, 0.717) is 19.0 Å². The van der Waals surface area contributed by atoms with Gasteiger partial charge in [0.2, 0.25) is 0 Å². The minimum absolute atomic E-state index is 0.0544. The number of hydrogen-bond acceptors (Lipinski definition) is 4. The van der Waals surface area contributed by atoms with E-state index in [4.69, 9.17) is 4.74 Å². The van der Waals surface area contributed by atoms with Crippen molar-refractivity contribution in [2.75, 3.05) is 13.1 Å². The molecule has 1 aromatic carbocycles. The van der Waals surface area contributed by atoms with Gasteiger partial charge >= 0.3 is 0 Å². The molecule has 2 heterocycles. The molecule has 0 bridgehead atoms. The summed E-state index contributed by atoms with van der Waals surface area (Å²) in [5, 5.41) is 9.94. The monoisotopic (exact) mass is 324 g/mol. The van der Waals surface area contributed by atoms with Crippen molar-refractivity contribution in [3.8, 4) is 5.75 Å². The van der Waals surface area contributed by atoms with Crippen LogP contribution in [-0.4, -0.2) is 40.1 Å². The van der Waals surface area contributed by atoms with Crippen LogP contribution >= 0.6 is 0 Å². The van der Waals surface area contributed by atoms with E-state index < -0.39 is 0 Å². The second kappa shape index (κ2) is 6.24. The Morgan fingerprint density at radius 1 is 1.12 bits per heavy atom. The number of pyridine rings is 1. The van der Waals surface area contributed by atoms with Crippen molar-refractivity contribution < 1.29 is 14.6 Å². The Morgan fingerprint density at radius 2 is 1.92 bits per heavy atom. The normalized spacial score (nSPS) is 23.9. The molecule has 124 valence electrons. The fraction of sp³-hybridized carbons (Fsp3) is 0.368. The summed E-state index contributed by atoms with van der Waals surface area (Å²) in [6, 6.07) is 13.1. The van der Waals surface area contributed by atoms with Crippen LogP contribution in [0, 0.1) is 5.92 Å². The minimum atomic E-state index is -0.233. The first-order chi connectivity index (χ1) is 11.7. The zero-order chi connectivity index (χ0) is 16.5. The number of aromatic nitrogens is 1. The second-order valence-corrected chi connectivity index (χ2v) is 6.49. The van der Waals surface area contributed by atoms with Crippen molar-refractivity contribution in [1.29, 1.82) is 0 Å². The molecule has 1 N–H and O–H groups in total. The lowest BCUT2D eigenvalue weighted by molar-refractivity contribution is -0.0865. The van der Waals surface area contributed by atoms with Gasteiger partial charge in [-0.15, -0.1) is 0 Å². The fourth-order valence-electron chi connectivity index (χ4n) is 3.25. The highest BCUT2D eigenvalue weighted by molar-refractivity contribution is 5.94. The highest BCUT2D eigenvalue weighted by Gasteiger charge is 2.40. The van der Waals surface area contributed by atoms with Gasteiger partial charge < -0.3 is 14.7 Å². The van der Waals surface area contributed by atoms with Crippen LogP contribution in [0.25, 0.3) is 0 Å². The molecule has 1 saturated heterocycles. The first-order valence-corrected chi connectivity index (χ1v) is 8.36. The van der Waals surface area contributed by atoms with Gasteiger partial charge in [-0.2, -0.15) is 0 Å². The van der Waals surface area contributed by atoms with Crippen LogP contribution in [0.5, 0.6) is 5.75 Å². The summed E-state index contributed by atoms with van der Waals surface area (Å²) >= 11 is 0. The van der Waals surface area contributed by atoms with Crippen LogP contribution in [-0.2, 0) is 4.74 Å². The third-order valence-electron chi connectivity index (χ3n) is 4.72. The predicted octanol–water partition coefficient (Wildman–Crippen LogP) is 2.78. The average molecular weight is 324 g/mol. The third kappa shape index (κ3) is 2.99. The van der Waals surface area contributed by atoms with Gasteiger partial charge in [-0.3, -0.25) is 4.79 Å². The molecular weight excluding hydrogens is 304 g/mol. The van der Waals surface area contributed by atoms with Gasteiger partial charge in [0.25, 0.3) is 5.91 Å². The van der Waals surface area contributed by atoms with E-state index in [1.165, 1.54) is 12.3 Å². The first kappa shape index (κ1) is 15.1. The second-order valence-electron chi connectivity index (χ2n) is 6.49. The van der Waals surface area contributed by atoms with Gasteiger partial charge in [0.15, 0.2) is 5.69 Å². The van der Waals surface area contributed by atoms with Gasteiger partial charge in [0.1, 0.15) is 11.9 Å². The number of nitrogens with zero attached hydrogens (tertiary/aromatic N) is 2. The van der Waals surface area contributed by atoms with E-state index in [-0.39, 0.29) is 29.6 Å². The molecule has 5 nitrogen and oxygen atoms in total. The summed E-state index contributed by atoms with van der Waals surface area (Å²) in [7, 11) is 0. The number of carbonyl (C=O) groups is 1. The van der Waals surface area contributed by atoms with E-state index >= 15 is 0 Å². The quantitative estimate of drug-likeness (QED) is 0.943. The largest absolute Gasteiger partial charge is 0.505 e. The van der Waals surface area contributed by atoms with Crippen LogP contribution in [0.15, 0.2) is 48.7 Å². The van der Waals surface area contributed by atoms with Gasteiger partial charge in [-0.25, -0.2) is 4.98 Å². The summed E-state index contributed by atoms with van der Waals surface area (Å²) in [4.78, 5) is 18.7. The molecule has 2 fully saturated rings. The van der Waals surface area contributed by atoms with E-state index in [9.17, 15) is 9.90 Å². The molecule has 1 amide bonds. The molecule has 1 aliphatic carbocycles. The fourth-order valence-corrected chi connectivity index (χ4v) is 3.25. The Labute approximate surface area is 140 Å². The number of ether oxygens (including phenoxy) is 1. The molecule has 0 spiro atoms. The number of carbonyl (C=O) groups excluding carboxylic acids is 1. The zero-order valence-electron chi connectivity index (χ0n) is 13.3. The summed E-state index contributed by atoms with van der Waals surface area (Å²) in [6.45, 7) is 1.03. The van der Waals surface area contributed by atoms with Crippen molar-refractivity contribution >= 4 is 5.91 Å². The Hall–Kier alpha value is -2.40. The van der Waals surface area contributed by atoms with Crippen molar-refractivity contribution in [2.45, 2.75) is 25.0 Å². The van der Waals surface area contributed by atoms with Crippen molar-refractivity contribution in [2.24, 2.45) is 5.92 Å². The van der Waals surface area contributed by atoms with Gasteiger partial charge in [0, 0.05) is 12.7 Å². The summed E-state index contributed by atoms with van der Waals surface area (Å²) in [5.41, 5.74) is 1.19. The molecule has 24 heavy (non-hydrogen) atoms. The maximum Gasteiger partial charge on any atom is 0.276 e. The lowest BCUT2D eigenvalue weighted by Crippen LogP contribution is -2.48. The van der Waals surface area contributed by atoms with Crippen LogP contribution in [0.3, 0.4) is 0 Å². The molecule has 2 aliphatic rings. The van der Waals surface area contributed by atoms with E-state index in [1.54, 1.807) is 11.0 Å². The topological polar surface area (TPSA) is 62.7 Å². The summed E-state index contributed by atoms with van der Waals surface area (Å²) in [5.74, 6) is 0.223. The number of rotatable bonds is 3. The van der Waals surface area contributed by atoms with Gasteiger partial charge in [0.05, 0.1) is 12.6 Å². The van der Waals surface area contributed by atoms with Gasteiger partial charge in [-0.05, 0) is 36.5 Å². The van der Waals surface area contributed by atoms with Crippen molar-refractivity contribution in [1.82, 2.24) is 9.88 Å². The molecule has 2 aromatic rings. The molecule has 2 atom stereocenters. The van der Waals surface area contributed by atoms with Crippen LogP contribution < -0.4 is 0 Å². The smallest absolute Gasteiger partial charge is 0.276 e. The van der Waals surface area contributed by atoms with Gasteiger partial charge in [-0.1, -0.05) is 30.3 Å². The molecule has 0 radical (unpaired) electrons. The SMILES string of the molecule is O=C(c1ncccc1O)N1C[C@@H](c2ccccc2)O[C@@H](C2CC2)C1. The average Bonchev–Trinajstić information content (AvgIpc) is 3.47. The van der Waals surface area contributed by atoms with E-state index in [2.05, 4.69) is 4.98 Å². The Bertz CT molecular complexity index is 730.